The van der Waals surface area contributed by atoms with Crippen LogP contribution >= 0.6 is 0 Å². The van der Waals surface area contributed by atoms with E-state index in [0.717, 1.165) is 18.6 Å². The van der Waals surface area contributed by atoms with Crippen LogP contribution in [-0.2, 0) is 4.74 Å². The molecular formula is C31H46N2O6. The van der Waals surface area contributed by atoms with E-state index >= 15 is 0 Å². The van der Waals surface area contributed by atoms with E-state index in [1.807, 2.05) is 40.5 Å². The Morgan fingerprint density at radius 1 is 0.615 bits per heavy atom. The molecule has 0 saturated carbocycles. The fourth-order valence-electron chi connectivity index (χ4n) is 6.68. The number of piperidine rings is 2. The van der Waals surface area contributed by atoms with Crippen molar-refractivity contribution in [3.8, 4) is 28.7 Å². The molecule has 2 fully saturated rings. The molecule has 2 aromatic carbocycles. The molecular weight excluding hydrogens is 496 g/mol. The SMILES string of the molecule is COC1CC(C)(C)N(Oc2c(O)ccc(O)c2ON2C(C)(C)CC(Oc3ccccc3)CC2(C)C)C(C)(C)C1. The molecule has 0 aromatic heterocycles. The Bertz CT molecular complexity index is 1110. The lowest BCUT2D eigenvalue weighted by Crippen LogP contribution is -2.64. The molecule has 2 aliphatic heterocycles. The molecule has 2 heterocycles. The topological polar surface area (TPSA) is 83.9 Å². The molecule has 0 bridgehead atoms. The summed E-state index contributed by atoms with van der Waals surface area (Å²) in [6, 6.07) is 12.7. The lowest BCUT2D eigenvalue weighted by atomic mass is 9.80. The van der Waals surface area contributed by atoms with Gasteiger partial charge in [-0.1, -0.05) is 18.2 Å². The van der Waals surface area contributed by atoms with Gasteiger partial charge in [-0.15, -0.1) is 10.1 Å². The number of hydrogen-bond donors (Lipinski definition) is 2. The average Bonchev–Trinajstić information content (AvgIpc) is 2.81. The van der Waals surface area contributed by atoms with Crippen molar-refractivity contribution in [2.45, 2.75) is 115 Å². The molecule has 2 N–H and O–H groups in total. The van der Waals surface area contributed by atoms with E-state index in [4.69, 9.17) is 19.1 Å². The minimum Gasteiger partial charge on any atom is -0.504 e. The first-order chi connectivity index (χ1) is 18.1. The number of ether oxygens (including phenoxy) is 2. The molecule has 39 heavy (non-hydrogen) atoms. The molecule has 4 rings (SSSR count). The van der Waals surface area contributed by atoms with Crippen LogP contribution in [0, 0.1) is 0 Å². The van der Waals surface area contributed by atoms with E-state index in [0.29, 0.717) is 12.8 Å². The van der Waals surface area contributed by atoms with Crippen LogP contribution in [0.5, 0.6) is 28.7 Å². The molecule has 8 heteroatoms. The van der Waals surface area contributed by atoms with Gasteiger partial charge in [-0.05, 0) is 92.5 Å². The summed E-state index contributed by atoms with van der Waals surface area (Å²) in [6.07, 6.45) is 2.96. The molecule has 0 aliphatic carbocycles. The highest BCUT2D eigenvalue weighted by Gasteiger charge is 2.51. The number of rotatable bonds is 7. The average molecular weight is 543 g/mol. The second kappa shape index (κ2) is 10.4. The maximum atomic E-state index is 11.0. The maximum absolute atomic E-state index is 11.0. The Morgan fingerprint density at radius 2 is 1.00 bits per heavy atom. The van der Waals surface area contributed by atoms with E-state index in [1.54, 1.807) is 7.11 Å². The van der Waals surface area contributed by atoms with Crippen molar-refractivity contribution in [1.82, 2.24) is 10.1 Å². The van der Waals surface area contributed by atoms with Gasteiger partial charge in [0.05, 0.1) is 28.3 Å². The Labute approximate surface area is 233 Å². The van der Waals surface area contributed by atoms with Gasteiger partial charge in [0.15, 0.2) is 11.5 Å². The van der Waals surface area contributed by atoms with Crippen LogP contribution in [0.25, 0.3) is 0 Å². The van der Waals surface area contributed by atoms with E-state index in [-0.39, 0.29) is 35.2 Å². The second-order valence-corrected chi connectivity index (χ2v) is 13.5. The summed E-state index contributed by atoms with van der Waals surface area (Å²) in [4.78, 5) is 13.0. The molecule has 0 spiro atoms. The van der Waals surface area contributed by atoms with Crippen LogP contribution < -0.4 is 14.4 Å². The lowest BCUT2D eigenvalue weighted by Gasteiger charge is -2.54. The molecule has 0 atom stereocenters. The van der Waals surface area contributed by atoms with Gasteiger partial charge in [0.1, 0.15) is 11.9 Å². The van der Waals surface area contributed by atoms with Crippen molar-refractivity contribution < 1.29 is 29.4 Å². The molecule has 0 unspecified atom stereocenters. The monoisotopic (exact) mass is 542 g/mol. The number of benzene rings is 2. The van der Waals surface area contributed by atoms with E-state index in [2.05, 4.69) is 55.4 Å². The van der Waals surface area contributed by atoms with Crippen LogP contribution in [0.4, 0.5) is 0 Å². The van der Waals surface area contributed by atoms with E-state index in [1.165, 1.54) is 12.1 Å². The second-order valence-electron chi connectivity index (χ2n) is 13.5. The highest BCUT2D eigenvalue weighted by atomic mass is 16.7. The minimum absolute atomic E-state index is 0.0191. The van der Waals surface area contributed by atoms with Crippen LogP contribution in [0.2, 0.25) is 0 Å². The van der Waals surface area contributed by atoms with Gasteiger partial charge in [0.2, 0.25) is 11.5 Å². The van der Waals surface area contributed by atoms with Crippen molar-refractivity contribution >= 4 is 0 Å². The van der Waals surface area contributed by atoms with Gasteiger partial charge >= 0.3 is 0 Å². The van der Waals surface area contributed by atoms with Gasteiger partial charge in [-0.2, -0.15) is 0 Å². The first kappa shape index (κ1) is 29.3. The highest BCUT2D eigenvalue weighted by molar-refractivity contribution is 5.57. The molecule has 2 saturated heterocycles. The maximum Gasteiger partial charge on any atom is 0.237 e. The fraction of sp³-hybridized carbons (Fsp3) is 0.613. The lowest BCUT2D eigenvalue weighted by molar-refractivity contribution is -0.248. The van der Waals surface area contributed by atoms with Crippen LogP contribution in [0.15, 0.2) is 42.5 Å². The molecule has 8 nitrogen and oxygen atoms in total. The van der Waals surface area contributed by atoms with Crippen molar-refractivity contribution in [2.24, 2.45) is 0 Å². The summed E-state index contributed by atoms with van der Waals surface area (Å²) in [5, 5.41) is 25.8. The number of para-hydroxylation sites is 1. The zero-order valence-electron chi connectivity index (χ0n) is 24.9. The first-order valence-electron chi connectivity index (χ1n) is 13.8. The van der Waals surface area contributed by atoms with Crippen LogP contribution in [0.3, 0.4) is 0 Å². The van der Waals surface area contributed by atoms with Gasteiger partial charge in [0, 0.05) is 20.0 Å². The number of nitrogens with zero attached hydrogens (tertiary/aromatic N) is 2. The van der Waals surface area contributed by atoms with Gasteiger partial charge < -0.3 is 29.4 Å². The zero-order valence-corrected chi connectivity index (χ0v) is 24.9. The molecule has 0 amide bonds. The van der Waals surface area contributed by atoms with Crippen LogP contribution in [-0.4, -0.2) is 61.8 Å². The Morgan fingerprint density at radius 3 is 1.38 bits per heavy atom. The molecule has 0 radical (unpaired) electrons. The minimum atomic E-state index is -0.467. The quantitative estimate of drug-likeness (QED) is 0.386. The largest absolute Gasteiger partial charge is 0.504 e. The van der Waals surface area contributed by atoms with Crippen LogP contribution in [0.1, 0.15) is 81.1 Å². The summed E-state index contributed by atoms with van der Waals surface area (Å²) in [5.41, 5.74) is -1.76. The normalized spacial score (nSPS) is 23.3. The van der Waals surface area contributed by atoms with Gasteiger partial charge in [0.25, 0.3) is 0 Å². The number of phenolic OH excluding ortho intramolecular Hbond substituents is 2. The summed E-state index contributed by atoms with van der Waals surface area (Å²) in [6.45, 7) is 16.7. The first-order valence-corrected chi connectivity index (χ1v) is 13.8. The summed E-state index contributed by atoms with van der Waals surface area (Å²) in [7, 11) is 1.73. The summed E-state index contributed by atoms with van der Waals surface area (Å²) >= 11 is 0. The van der Waals surface area contributed by atoms with Gasteiger partial charge in [-0.25, -0.2) is 0 Å². The van der Waals surface area contributed by atoms with Crippen molar-refractivity contribution in [3.63, 3.8) is 0 Å². The van der Waals surface area contributed by atoms with E-state index in [9.17, 15) is 10.2 Å². The van der Waals surface area contributed by atoms with Gasteiger partial charge in [-0.3, -0.25) is 0 Å². The third-order valence-corrected chi connectivity index (χ3v) is 7.92. The number of methoxy groups -OCH3 is 1. The van der Waals surface area contributed by atoms with Crippen molar-refractivity contribution in [2.75, 3.05) is 7.11 Å². The molecule has 2 aromatic rings. The van der Waals surface area contributed by atoms with Crippen molar-refractivity contribution in [1.29, 1.82) is 0 Å². The Hall–Kier alpha value is -2.68. The highest BCUT2D eigenvalue weighted by Crippen LogP contribution is 2.50. The predicted molar refractivity (Wildman–Crippen MR) is 151 cm³/mol. The van der Waals surface area contributed by atoms with Crippen molar-refractivity contribution in [3.05, 3.63) is 42.5 Å². The third kappa shape index (κ3) is 6.08. The number of hydroxylamine groups is 4. The zero-order chi connectivity index (χ0) is 28.8. The number of aromatic hydroxyl groups is 2. The summed E-state index contributed by atoms with van der Waals surface area (Å²) < 4.78 is 12.0. The smallest absolute Gasteiger partial charge is 0.237 e. The standard InChI is InChI=1S/C31H46N2O6/c1-28(2)17-22(36-9)18-29(3,4)32(28)38-26-24(34)15-16-25(35)27(26)39-33-30(5,6)19-23(20-31(33,7)8)37-21-13-11-10-12-14-21/h10-16,22-23,34-35H,17-20H2,1-9H3. The molecule has 216 valence electrons. The number of hydrogen-bond acceptors (Lipinski definition) is 8. The molecule has 2 aliphatic rings. The third-order valence-electron chi connectivity index (χ3n) is 7.92. The Kier molecular flexibility index (Phi) is 7.80. The number of phenols is 2. The summed E-state index contributed by atoms with van der Waals surface area (Å²) in [5.74, 6) is 0.785. The van der Waals surface area contributed by atoms with E-state index < -0.39 is 22.2 Å². The Balaban J connectivity index is 1.63. The predicted octanol–water partition coefficient (Wildman–Crippen LogP) is 6.45. The fourth-order valence-corrected chi connectivity index (χ4v) is 6.68.